The van der Waals surface area contributed by atoms with Gasteiger partial charge in [-0.2, -0.15) is 0 Å². The molecule has 238 valence electrons. The van der Waals surface area contributed by atoms with Gasteiger partial charge in [-0.05, 0) is 38.9 Å². The summed E-state index contributed by atoms with van der Waals surface area (Å²) in [6.07, 6.45) is 2.93. The molecule has 0 radical (unpaired) electrons. The van der Waals surface area contributed by atoms with Crippen molar-refractivity contribution in [3.63, 3.8) is 0 Å². The third kappa shape index (κ3) is 5.43. The normalized spacial score (nSPS) is 12.9. The van der Waals surface area contributed by atoms with Crippen molar-refractivity contribution in [1.29, 1.82) is 0 Å². The molecule has 7 heteroatoms. The summed E-state index contributed by atoms with van der Waals surface area (Å²) in [5.74, 6) is -1.27. The number of carboxylic acid groups (broad SMARTS) is 1. The standard InChI is InChI=1S/C41H35N3O4/c1-43(40(47)48-27-37-35-23-13-11-21-33(35)34-22-12-14-24-36(34)37)38(39(45)46)25-32-26-44(28-42-32)41(29-15-5-2-6-16-29,30-17-7-3-8-18-30)31-19-9-4-10-20-31/h2-24,26,28,37-38H,25,27H2,1H3,(H,45,46)/t38-/m0/s1. The summed E-state index contributed by atoms with van der Waals surface area (Å²) in [4.78, 5) is 31.9. The molecule has 6 aromatic rings. The van der Waals surface area contributed by atoms with Crippen LogP contribution in [-0.2, 0) is 21.5 Å². The molecule has 0 saturated heterocycles. The lowest BCUT2D eigenvalue weighted by Crippen LogP contribution is -2.44. The van der Waals surface area contributed by atoms with E-state index < -0.39 is 23.6 Å². The second kappa shape index (κ2) is 13.0. The van der Waals surface area contributed by atoms with Gasteiger partial charge < -0.3 is 14.4 Å². The Balaban J connectivity index is 1.16. The number of aromatic nitrogens is 2. The molecule has 1 aliphatic carbocycles. The Morgan fingerprint density at radius 2 is 1.21 bits per heavy atom. The number of imidazole rings is 1. The molecule has 7 nitrogen and oxygen atoms in total. The first-order valence-corrected chi connectivity index (χ1v) is 16.0. The number of amides is 1. The summed E-state index contributed by atoms with van der Waals surface area (Å²) in [6, 6.07) is 45.6. The summed E-state index contributed by atoms with van der Waals surface area (Å²) in [7, 11) is 1.47. The van der Waals surface area contributed by atoms with Crippen molar-refractivity contribution < 1.29 is 19.4 Å². The lowest BCUT2D eigenvalue weighted by Gasteiger charge is -2.37. The van der Waals surface area contributed by atoms with Crippen molar-refractivity contribution >= 4 is 12.1 Å². The van der Waals surface area contributed by atoms with Crippen molar-refractivity contribution in [1.82, 2.24) is 14.5 Å². The van der Waals surface area contributed by atoms with E-state index in [0.29, 0.717) is 5.69 Å². The maximum Gasteiger partial charge on any atom is 0.410 e. The van der Waals surface area contributed by atoms with Crippen molar-refractivity contribution in [2.75, 3.05) is 13.7 Å². The van der Waals surface area contributed by atoms with E-state index in [1.54, 1.807) is 6.33 Å². The number of nitrogens with zero attached hydrogens (tertiary/aromatic N) is 3. The summed E-state index contributed by atoms with van der Waals surface area (Å²) < 4.78 is 7.84. The molecule has 48 heavy (non-hydrogen) atoms. The summed E-state index contributed by atoms with van der Waals surface area (Å²) in [5, 5.41) is 10.3. The first kappa shape index (κ1) is 30.7. The fourth-order valence-electron chi connectivity index (χ4n) is 7.05. The molecule has 0 spiro atoms. The highest BCUT2D eigenvalue weighted by Gasteiger charge is 2.39. The SMILES string of the molecule is CN(C(=O)OCC1c2ccccc2-c2ccccc21)[C@@H](Cc1cn(C(c2ccccc2)(c2ccccc2)c2ccccc2)cn1)C(=O)O. The largest absolute Gasteiger partial charge is 0.480 e. The summed E-state index contributed by atoms with van der Waals surface area (Å²) in [6.45, 7) is 0.103. The van der Waals surface area contributed by atoms with Crippen LogP contribution in [0.3, 0.4) is 0 Å². The molecule has 1 N–H and O–H groups in total. The number of hydrogen-bond donors (Lipinski definition) is 1. The van der Waals surface area contributed by atoms with Crippen LogP contribution in [0, 0.1) is 0 Å². The first-order valence-electron chi connectivity index (χ1n) is 16.0. The first-order chi connectivity index (χ1) is 23.5. The van der Waals surface area contributed by atoms with Gasteiger partial charge in [0.05, 0.1) is 12.0 Å². The number of carboxylic acids is 1. The molecule has 1 aromatic heterocycles. The third-order valence-electron chi connectivity index (χ3n) is 9.38. The minimum Gasteiger partial charge on any atom is -0.480 e. The highest BCUT2D eigenvalue weighted by molar-refractivity contribution is 5.81. The number of aliphatic carboxylic acids is 1. The molecule has 0 fully saturated rings. The van der Waals surface area contributed by atoms with Gasteiger partial charge in [-0.15, -0.1) is 0 Å². The predicted octanol–water partition coefficient (Wildman–Crippen LogP) is 7.60. The van der Waals surface area contributed by atoms with E-state index in [1.807, 2.05) is 102 Å². The maximum atomic E-state index is 13.4. The van der Waals surface area contributed by atoms with E-state index in [9.17, 15) is 14.7 Å². The van der Waals surface area contributed by atoms with Crippen LogP contribution in [0.25, 0.3) is 11.1 Å². The molecule has 0 unspecified atom stereocenters. The van der Waals surface area contributed by atoms with Gasteiger partial charge in [0.15, 0.2) is 0 Å². The van der Waals surface area contributed by atoms with Crippen LogP contribution < -0.4 is 0 Å². The minimum atomic E-state index is -1.19. The third-order valence-corrected chi connectivity index (χ3v) is 9.38. The number of carbonyl (C=O) groups is 2. The van der Waals surface area contributed by atoms with Crippen LogP contribution in [0.15, 0.2) is 152 Å². The smallest absolute Gasteiger partial charge is 0.410 e. The van der Waals surface area contributed by atoms with Gasteiger partial charge in [0.1, 0.15) is 18.2 Å². The Morgan fingerprint density at radius 1 is 0.750 bits per heavy atom. The zero-order valence-electron chi connectivity index (χ0n) is 26.5. The summed E-state index contributed by atoms with van der Waals surface area (Å²) >= 11 is 0. The summed E-state index contributed by atoms with van der Waals surface area (Å²) in [5.41, 5.74) is 7.25. The lowest BCUT2D eigenvalue weighted by atomic mass is 9.77. The van der Waals surface area contributed by atoms with Gasteiger partial charge in [-0.3, -0.25) is 4.90 Å². The Hall–Kier alpha value is -5.95. The molecule has 1 atom stereocenters. The number of benzene rings is 5. The second-order valence-corrected chi connectivity index (χ2v) is 12.1. The van der Waals surface area contributed by atoms with Gasteiger partial charge >= 0.3 is 12.1 Å². The van der Waals surface area contributed by atoms with E-state index in [2.05, 4.69) is 48.5 Å². The number of hydrogen-bond acceptors (Lipinski definition) is 4. The molecule has 1 aliphatic rings. The van der Waals surface area contributed by atoms with Gasteiger partial charge in [0.2, 0.25) is 0 Å². The van der Waals surface area contributed by atoms with E-state index in [1.165, 1.54) is 7.05 Å². The van der Waals surface area contributed by atoms with E-state index >= 15 is 0 Å². The average Bonchev–Trinajstić information content (AvgIpc) is 3.74. The molecule has 0 aliphatic heterocycles. The van der Waals surface area contributed by atoms with Crippen molar-refractivity contribution in [3.8, 4) is 11.1 Å². The number of ether oxygens (including phenoxy) is 1. The van der Waals surface area contributed by atoms with Crippen LogP contribution >= 0.6 is 0 Å². The highest BCUT2D eigenvalue weighted by atomic mass is 16.6. The lowest BCUT2D eigenvalue weighted by molar-refractivity contribution is -0.142. The molecule has 0 saturated carbocycles. The number of fused-ring (bicyclic) bond motifs is 3. The van der Waals surface area contributed by atoms with Gasteiger partial charge in [0.25, 0.3) is 0 Å². The fourth-order valence-corrected chi connectivity index (χ4v) is 7.05. The van der Waals surface area contributed by atoms with Crippen molar-refractivity contribution in [3.05, 3.63) is 186 Å². The Kier molecular flexibility index (Phi) is 8.34. The van der Waals surface area contributed by atoms with E-state index in [0.717, 1.165) is 43.8 Å². The van der Waals surface area contributed by atoms with Gasteiger partial charge in [0, 0.05) is 25.6 Å². The van der Waals surface area contributed by atoms with Crippen LogP contribution in [0.1, 0.15) is 39.4 Å². The topological polar surface area (TPSA) is 84.7 Å². The van der Waals surface area contributed by atoms with Crippen molar-refractivity contribution in [2.45, 2.75) is 23.9 Å². The van der Waals surface area contributed by atoms with E-state index in [-0.39, 0.29) is 18.9 Å². The van der Waals surface area contributed by atoms with Gasteiger partial charge in [-0.1, -0.05) is 140 Å². The number of likely N-dealkylation sites (N-methyl/N-ethyl adjacent to an activating group) is 1. The van der Waals surface area contributed by atoms with Crippen molar-refractivity contribution in [2.24, 2.45) is 0 Å². The average molecular weight is 634 g/mol. The Morgan fingerprint density at radius 3 is 1.69 bits per heavy atom. The number of rotatable bonds is 10. The molecule has 7 rings (SSSR count). The number of carbonyl (C=O) groups excluding carboxylic acids is 1. The Bertz CT molecular complexity index is 1900. The van der Waals surface area contributed by atoms with E-state index in [4.69, 9.17) is 9.72 Å². The monoisotopic (exact) mass is 633 g/mol. The van der Waals surface area contributed by atoms with Crippen LogP contribution in [0.5, 0.6) is 0 Å². The molecule has 5 aromatic carbocycles. The van der Waals surface area contributed by atoms with Crippen LogP contribution in [0.4, 0.5) is 4.79 Å². The molecule has 1 heterocycles. The van der Waals surface area contributed by atoms with Crippen LogP contribution in [-0.4, -0.2) is 51.3 Å². The quantitative estimate of drug-likeness (QED) is 0.157. The zero-order chi connectivity index (χ0) is 33.1. The molecule has 0 bridgehead atoms. The minimum absolute atomic E-state index is 0.00250. The highest BCUT2D eigenvalue weighted by Crippen LogP contribution is 2.45. The maximum absolute atomic E-state index is 13.4. The predicted molar refractivity (Wildman–Crippen MR) is 185 cm³/mol. The second-order valence-electron chi connectivity index (χ2n) is 12.1. The van der Waals surface area contributed by atoms with Gasteiger partial charge in [-0.25, -0.2) is 14.6 Å². The zero-order valence-corrected chi connectivity index (χ0v) is 26.5. The molecule has 1 amide bonds. The fraction of sp³-hybridized carbons (Fsp3) is 0.146. The van der Waals surface area contributed by atoms with Crippen LogP contribution in [0.2, 0.25) is 0 Å². The molecular weight excluding hydrogens is 598 g/mol. The Labute approximate surface area is 279 Å². The molecular formula is C41H35N3O4.